The van der Waals surface area contributed by atoms with Gasteiger partial charge >= 0.3 is 0 Å². The molecule has 0 radical (unpaired) electrons. The topological polar surface area (TPSA) is 48.9 Å². The Hall–Kier alpha value is -1.75. The van der Waals surface area contributed by atoms with Gasteiger partial charge in [-0.05, 0) is 70.3 Å². The number of hydrogen-bond acceptors (Lipinski definition) is 3. The average Bonchev–Trinajstić information content (AvgIpc) is 2.65. The van der Waals surface area contributed by atoms with E-state index < -0.39 is 0 Å². The van der Waals surface area contributed by atoms with Gasteiger partial charge in [0.2, 0.25) is 0 Å². The molecular weight excluding hydrogens is 324 g/mol. The molecule has 0 saturated carbocycles. The molecule has 0 amide bonds. The smallest absolute Gasteiger partial charge is 0.191 e. The summed E-state index contributed by atoms with van der Waals surface area (Å²) in [6.45, 7) is 11.8. The highest BCUT2D eigenvalue weighted by Gasteiger charge is 2.18. The van der Waals surface area contributed by atoms with Gasteiger partial charge in [-0.15, -0.1) is 0 Å². The first-order valence-electron chi connectivity index (χ1n) is 10.0. The van der Waals surface area contributed by atoms with Gasteiger partial charge in [-0.2, -0.15) is 0 Å². The highest BCUT2D eigenvalue weighted by molar-refractivity contribution is 5.79. The van der Waals surface area contributed by atoms with Crippen LogP contribution >= 0.6 is 0 Å². The van der Waals surface area contributed by atoms with Crippen LogP contribution in [0.25, 0.3) is 0 Å². The minimum absolute atomic E-state index is 0.0759. The number of benzene rings is 1. The lowest BCUT2D eigenvalue weighted by Gasteiger charge is -2.32. The highest BCUT2D eigenvalue weighted by atomic mass is 16.5. The van der Waals surface area contributed by atoms with Gasteiger partial charge in [0.25, 0.3) is 0 Å². The number of ether oxygens (including phenoxy) is 1. The third-order valence-electron chi connectivity index (χ3n) is 5.01. The second-order valence-corrected chi connectivity index (χ2v) is 7.31. The number of guanidine groups is 1. The van der Waals surface area contributed by atoms with Crippen molar-refractivity contribution in [1.82, 2.24) is 15.5 Å². The number of likely N-dealkylation sites (tertiary alicyclic amines) is 1. The number of rotatable bonds is 8. The SMILES string of the molecule is CCCN1CCC(CNC(=NC)NCC(C)Oc2ccccc2C)CC1. The fraction of sp³-hybridized carbons (Fsp3) is 0.667. The number of piperidine rings is 1. The maximum atomic E-state index is 6.02. The number of aryl methyl sites for hydroxylation is 1. The van der Waals surface area contributed by atoms with Crippen LogP contribution in [0.3, 0.4) is 0 Å². The molecule has 1 aromatic rings. The van der Waals surface area contributed by atoms with E-state index >= 15 is 0 Å². The first kappa shape index (κ1) is 20.6. The zero-order chi connectivity index (χ0) is 18.8. The first-order valence-corrected chi connectivity index (χ1v) is 10.0. The van der Waals surface area contributed by atoms with Crippen molar-refractivity contribution in [3.05, 3.63) is 29.8 Å². The van der Waals surface area contributed by atoms with Crippen LogP contribution in [-0.4, -0.2) is 56.7 Å². The molecule has 1 saturated heterocycles. The highest BCUT2D eigenvalue weighted by Crippen LogP contribution is 2.18. The van der Waals surface area contributed by atoms with E-state index in [1.807, 2.05) is 25.2 Å². The Kier molecular flexibility index (Phi) is 8.75. The van der Waals surface area contributed by atoms with Gasteiger partial charge in [-0.3, -0.25) is 4.99 Å². The summed E-state index contributed by atoms with van der Waals surface area (Å²) in [5.74, 6) is 2.55. The Morgan fingerprint density at radius 3 is 2.65 bits per heavy atom. The van der Waals surface area contributed by atoms with E-state index in [2.05, 4.69) is 47.4 Å². The molecule has 1 atom stereocenters. The molecule has 2 rings (SSSR count). The summed E-state index contributed by atoms with van der Waals surface area (Å²) < 4.78 is 6.02. The number of nitrogens with one attached hydrogen (secondary N) is 2. The Bertz CT molecular complexity index is 553. The second-order valence-electron chi connectivity index (χ2n) is 7.31. The van der Waals surface area contributed by atoms with Crippen LogP contribution in [0, 0.1) is 12.8 Å². The van der Waals surface area contributed by atoms with Crippen molar-refractivity contribution in [3.8, 4) is 5.75 Å². The quantitative estimate of drug-likeness (QED) is 0.553. The molecule has 2 N–H and O–H groups in total. The van der Waals surface area contributed by atoms with Gasteiger partial charge in [0.05, 0.1) is 6.54 Å². The monoisotopic (exact) mass is 360 g/mol. The molecule has 26 heavy (non-hydrogen) atoms. The van der Waals surface area contributed by atoms with E-state index in [0.717, 1.165) is 36.3 Å². The van der Waals surface area contributed by atoms with E-state index in [4.69, 9.17) is 4.74 Å². The summed E-state index contributed by atoms with van der Waals surface area (Å²) in [4.78, 5) is 6.92. The van der Waals surface area contributed by atoms with E-state index in [1.54, 1.807) is 0 Å². The Balaban J connectivity index is 1.67. The molecule has 1 fully saturated rings. The summed E-state index contributed by atoms with van der Waals surface area (Å²) in [6, 6.07) is 8.13. The van der Waals surface area contributed by atoms with Crippen LogP contribution in [0.5, 0.6) is 5.75 Å². The molecule has 146 valence electrons. The minimum Gasteiger partial charge on any atom is -0.489 e. The summed E-state index contributed by atoms with van der Waals surface area (Å²) in [5, 5.41) is 6.86. The van der Waals surface area contributed by atoms with Crippen molar-refractivity contribution in [2.24, 2.45) is 10.9 Å². The van der Waals surface area contributed by atoms with Gasteiger partial charge in [-0.25, -0.2) is 0 Å². The number of hydrogen-bond donors (Lipinski definition) is 2. The van der Waals surface area contributed by atoms with Crippen LogP contribution in [0.4, 0.5) is 0 Å². The van der Waals surface area contributed by atoms with Gasteiger partial charge in [0, 0.05) is 13.6 Å². The van der Waals surface area contributed by atoms with Crippen LogP contribution in [-0.2, 0) is 0 Å². The third-order valence-corrected chi connectivity index (χ3v) is 5.01. The van der Waals surface area contributed by atoms with Crippen molar-refractivity contribution in [1.29, 1.82) is 0 Å². The van der Waals surface area contributed by atoms with Crippen LogP contribution in [0.2, 0.25) is 0 Å². The molecule has 1 heterocycles. The second kappa shape index (κ2) is 11.1. The molecule has 0 spiro atoms. The van der Waals surface area contributed by atoms with E-state index in [9.17, 15) is 0 Å². The first-order chi connectivity index (χ1) is 12.6. The summed E-state index contributed by atoms with van der Waals surface area (Å²) in [7, 11) is 1.83. The fourth-order valence-corrected chi connectivity index (χ4v) is 3.38. The van der Waals surface area contributed by atoms with Crippen molar-refractivity contribution in [3.63, 3.8) is 0 Å². The summed E-state index contributed by atoms with van der Waals surface area (Å²) >= 11 is 0. The summed E-state index contributed by atoms with van der Waals surface area (Å²) in [5.41, 5.74) is 1.16. The Morgan fingerprint density at radius 2 is 2.00 bits per heavy atom. The van der Waals surface area contributed by atoms with Gasteiger partial charge < -0.3 is 20.3 Å². The molecule has 0 aromatic heterocycles. The number of aliphatic imine (C=N–C) groups is 1. The van der Waals surface area contributed by atoms with E-state index in [-0.39, 0.29) is 6.10 Å². The molecule has 0 bridgehead atoms. The fourth-order valence-electron chi connectivity index (χ4n) is 3.38. The van der Waals surface area contributed by atoms with E-state index in [1.165, 1.54) is 38.9 Å². The average molecular weight is 361 g/mol. The lowest BCUT2D eigenvalue weighted by atomic mass is 9.97. The molecule has 1 aliphatic rings. The molecular formula is C21H36N4O. The van der Waals surface area contributed by atoms with Gasteiger partial charge in [0.1, 0.15) is 11.9 Å². The predicted molar refractivity (Wildman–Crippen MR) is 110 cm³/mol. The third kappa shape index (κ3) is 6.87. The van der Waals surface area contributed by atoms with Crippen LogP contribution in [0.15, 0.2) is 29.3 Å². The molecule has 1 aliphatic heterocycles. The standard InChI is InChI=1S/C21H36N4O/c1-5-12-25-13-10-19(11-14-25)16-24-21(22-4)23-15-18(3)26-20-9-7-6-8-17(20)2/h6-9,18-19H,5,10-16H2,1-4H3,(H2,22,23,24). The molecule has 5 heteroatoms. The molecule has 5 nitrogen and oxygen atoms in total. The molecule has 1 unspecified atom stereocenters. The van der Waals surface area contributed by atoms with Crippen molar-refractivity contribution in [2.45, 2.75) is 46.1 Å². The minimum atomic E-state index is 0.0759. The van der Waals surface area contributed by atoms with Gasteiger partial charge in [-0.1, -0.05) is 25.1 Å². The van der Waals surface area contributed by atoms with Crippen LogP contribution < -0.4 is 15.4 Å². The lowest BCUT2D eigenvalue weighted by Crippen LogP contribution is -2.45. The van der Waals surface area contributed by atoms with Crippen LogP contribution in [0.1, 0.15) is 38.7 Å². The van der Waals surface area contributed by atoms with Gasteiger partial charge in [0.15, 0.2) is 5.96 Å². The predicted octanol–water partition coefficient (Wildman–Crippen LogP) is 3.05. The zero-order valence-corrected chi connectivity index (χ0v) is 16.9. The van der Waals surface area contributed by atoms with E-state index in [0.29, 0.717) is 0 Å². The molecule has 0 aliphatic carbocycles. The largest absolute Gasteiger partial charge is 0.489 e. The maximum Gasteiger partial charge on any atom is 0.191 e. The Labute approximate surface area is 159 Å². The van der Waals surface area contributed by atoms with Crippen molar-refractivity contribution in [2.75, 3.05) is 39.8 Å². The lowest BCUT2D eigenvalue weighted by molar-refractivity contribution is 0.185. The normalized spacial score (nSPS) is 17.8. The summed E-state index contributed by atoms with van der Waals surface area (Å²) in [6.07, 6.45) is 3.88. The molecule has 1 aromatic carbocycles. The van der Waals surface area contributed by atoms with Crippen molar-refractivity contribution >= 4 is 5.96 Å². The van der Waals surface area contributed by atoms with Crippen molar-refractivity contribution < 1.29 is 4.74 Å². The maximum absolute atomic E-state index is 6.02. The Morgan fingerprint density at radius 1 is 1.27 bits per heavy atom. The zero-order valence-electron chi connectivity index (χ0n) is 16.9. The number of para-hydroxylation sites is 1. The number of nitrogens with zero attached hydrogens (tertiary/aromatic N) is 2.